The Bertz CT molecular complexity index is 1480. The van der Waals surface area contributed by atoms with Gasteiger partial charge in [0.25, 0.3) is 15.9 Å². The highest BCUT2D eigenvalue weighted by molar-refractivity contribution is 7.92. The van der Waals surface area contributed by atoms with E-state index in [1.807, 2.05) is 30.3 Å². The van der Waals surface area contributed by atoms with Crippen LogP contribution in [0.15, 0.2) is 82.5 Å². The first-order chi connectivity index (χ1) is 16.4. The van der Waals surface area contributed by atoms with Crippen LogP contribution in [-0.4, -0.2) is 39.2 Å². The number of carbonyl (C=O) groups is 1. The third-order valence-corrected chi connectivity index (χ3v) is 7.45. The van der Waals surface area contributed by atoms with Gasteiger partial charge in [-0.15, -0.1) is 0 Å². The fraction of sp³-hybridized carbons (Fsp3) is 0.167. The number of benzene rings is 3. The predicted octanol–water partition coefficient (Wildman–Crippen LogP) is 3.29. The topological polar surface area (TPSA) is 106 Å². The molecule has 176 valence electrons. The fourth-order valence-corrected chi connectivity index (χ4v) is 5.58. The Kier molecular flexibility index (Phi) is 7.11. The number of para-hydroxylation sites is 1. The molecule has 0 aliphatic rings. The molecule has 1 aromatic heterocycles. The Balaban J connectivity index is 1.61. The van der Waals surface area contributed by atoms with Gasteiger partial charge in [-0.1, -0.05) is 53.8 Å². The van der Waals surface area contributed by atoms with E-state index < -0.39 is 15.9 Å². The van der Waals surface area contributed by atoms with Gasteiger partial charge >= 0.3 is 4.87 Å². The van der Waals surface area contributed by atoms with E-state index in [0.29, 0.717) is 29.9 Å². The third-order valence-electron chi connectivity index (χ3n) is 5.14. The molecule has 8 nitrogen and oxygen atoms in total. The molecular weight excluding hydrogens is 474 g/mol. The minimum Gasteiger partial charge on any atom is -0.383 e. The van der Waals surface area contributed by atoms with Crippen LogP contribution in [0.5, 0.6) is 0 Å². The van der Waals surface area contributed by atoms with Gasteiger partial charge in [0.1, 0.15) is 0 Å². The number of sulfonamides is 1. The summed E-state index contributed by atoms with van der Waals surface area (Å²) in [5.41, 5.74) is 1.99. The average Bonchev–Trinajstić information content (AvgIpc) is 3.14. The standard InChI is InChI=1S/C24H23N3O5S2/c1-32-14-13-25-23(28)19-9-5-6-10-20(19)26-34(30,31)18-11-12-21-22(15-18)33-24(29)27(21)16-17-7-3-2-4-8-17/h2-12,15,26H,13-14,16H2,1H3,(H,25,28). The van der Waals surface area contributed by atoms with Crippen molar-refractivity contribution in [3.63, 3.8) is 0 Å². The SMILES string of the molecule is COCCNC(=O)c1ccccc1NS(=O)(=O)c1ccc2c(c1)sc(=O)n2Cc1ccccc1. The van der Waals surface area contributed by atoms with Gasteiger partial charge in [-0.3, -0.25) is 18.9 Å². The van der Waals surface area contributed by atoms with Crippen LogP contribution < -0.4 is 14.9 Å². The number of thiazole rings is 1. The average molecular weight is 498 g/mol. The van der Waals surface area contributed by atoms with Crippen molar-refractivity contribution < 1.29 is 17.9 Å². The van der Waals surface area contributed by atoms with E-state index in [1.165, 1.54) is 25.3 Å². The summed E-state index contributed by atoms with van der Waals surface area (Å²) in [6.45, 7) is 1.04. The van der Waals surface area contributed by atoms with Crippen LogP contribution >= 0.6 is 11.3 Å². The van der Waals surface area contributed by atoms with Crippen LogP contribution in [0.2, 0.25) is 0 Å². The molecular formula is C24H23N3O5S2. The van der Waals surface area contributed by atoms with Crippen molar-refractivity contribution in [1.29, 1.82) is 0 Å². The van der Waals surface area contributed by atoms with Crippen molar-refractivity contribution in [3.05, 3.63) is 93.6 Å². The number of fused-ring (bicyclic) bond motifs is 1. The number of hydrogen-bond acceptors (Lipinski definition) is 6. The van der Waals surface area contributed by atoms with Gasteiger partial charge in [0.15, 0.2) is 0 Å². The monoisotopic (exact) mass is 497 g/mol. The molecule has 4 aromatic rings. The van der Waals surface area contributed by atoms with E-state index in [0.717, 1.165) is 16.9 Å². The summed E-state index contributed by atoms with van der Waals surface area (Å²) >= 11 is 0.993. The molecule has 0 unspecified atom stereocenters. The molecule has 0 radical (unpaired) electrons. The number of anilines is 1. The Morgan fingerprint density at radius 1 is 1.03 bits per heavy atom. The van der Waals surface area contributed by atoms with Crippen LogP contribution in [-0.2, 0) is 21.3 Å². The van der Waals surface area contributed by atoms with E-state index in [4.69, 9.17) is 4.74 Å². The lowest BCUT2D eigenvalue weighted by Gasteiger charge is -2.13. The Morgan fingerprint density at radius 2 is 1.76 bits per heavy atom. The van der Waals surface area contributed by atoms with Crippen molar-refractivity contribution in [2.24, 2.45) is 0 Å². The van der Waals surface area contributed by atoms with Crippen LogP contribution in [0.3, 0.4) is 0 Å². The van der Waals surface area contributed by atoms with Gasteiger partial charge in [-0.25, -0.2) is 8.42 Å². The maximum Gasteiger partial charge on any atom is 0.308 e. The van der Waals surface area contributed by atoms with E-state index in [-0.39, 0.29) is 21.0 Å². The summed E-state index contributed by atoms with van der Waals surface area (Å²) in [6, 6.07) is 20.5. The quantitative estimate of drug-likeness (QED) is 0.345. The number of methoxy groups -OCH3 is 1. The molecule has 10 heteroatoms. The van der Waals surface area contributed by atoms with Crippen molar-refractivity contribution in [1.82, 2.24) is 9.88 Å². The van der Waals surface area contributed by atoms with Crippen molar-refractivity contribution in [2.75, 3.05) is 25.0 Å². The summed E-state index contributed by atoms with van der Waals surface area (Å²) < 4.78 is 35.9. The molecule has 0 bridgehead atoms. The number of rotatable bonds is 9. The lowest BCUT2D eigenvalue weighted by molar-refractivity contribution is 0.0938. The number of amides is 1. The summed E-state index contributed by atoms with van der Waals surface area (Å²) in [7, 11) is -2.48. The predicted molar refractivity (Wildman–Crippen MR) is 133 cm³/mol. The van der Waals surface area contributed by atoms with E-state index in [1.54, 1.807) is 28.8 Å². The summed E-state index contributed by atoms with van der Waals surface area (Å²) in [5, 5.41) is 2.68. The molecule has 34 heavy (non-hydrogen) atoms. The Labute approximate surface area is 200 Å². The second-order valence-corrected chi connectivity index (χ2v) is 10.1. The number of ether oxygens (including phenoxy) is 1. The molecule has 3 aromatic carbocycles. The number of hydrogen-bond donors (Lipinski definition) is 2. The highest BCUT2D eigenvalue weighted by Crippen LogP contribution is 2.25. The molecule has 0 fully saturated rings. The number of nitrogens with zero attached hydrogens (tertiary/aromatic N) is 1. The van der Waals surface area contributed by atoms with Crippen molar-refractivity contribution >= 4 is 43.2 Å². The zero-order valence-corrected chi connectivity index (χ0v) is 20.0. The zero-order chi connectivity index (χ0) is 24.1. The molecule has 0 saturated carbocycles. The number of aromatic nitrogens is 1. The molecule has 0 spiro atoms. The molecule has 0 aliphatic carbocycles. The number of nitrogens with one attached hydrogen (secondary N) is 2. The fourth-order valence-electron chi connectivity index (χ4n) is 3.47. The summed E-state index contributed by atoms with van der Waals surface area (Å²) in [4.78, 5) is 24.9. The zero-order valence-electron chi connectivity index (χ0n) is 18.4. The normalized spacial score (nSPS) is 11.4. The lowest BCUT2D eigenvalue weighted by Crippen LogP contribution is -2.28. The largest absolute Gasteiger partial charge is 0.383 e. The Morgan fingerprint density at radius 3 is 2.53 bits per heavy atom. The van der Waals surface area contributed by atoms with E-state index >= 15 is 0 Å². The highest BCUT2D eigenvalue weighted by Gasteiger charge is 2.20. The van der Waals surface area contributed by atoms with Crippen LogP contribution in [0, 0.1) is 0 Å². The van der Waals surface area contributed by atoms with E-state index in [9.17, 15) is 18.0 Å². The molecule has 1 heterocycles. The first kappa shape index (κ1) is 23.7. The molecule has 0 aliphatic heterocycles. The minimum absolute atomic E-state index is 0.00250. The maximum atomic E-state index is 13.1. The van der Waals surface area contributed by atoms with Crippen LogP contribution in [0.1, 0.15) is 15.9 Å². The third kappa shape index (κ3) is 5.19. The van der Waals surface area contributed by atoms with Gasteiger partial charge < -0.3 is 10.1 Å². The van der Waals surface area contributed by atoms with Crippen LogP contribution in [0.25, 0.3) is 10.2 Å². The highest BCUT2D eigenvalue weighted by atomic mass is 32.2. The van der Waals surface area contributed by atoms with Crippen molar-refractivity contribution in [2.45, 2.75) is 11.4 Å². The molecule has 1 amide bonds. The molecule has 0 saturated heterocycles. The summed E-state index contributed by atoms with van der Waals surface area (Å²) in [5.74, 6) is -0.415. The second-order valence-electron chi connectivity index (χ2n) is 7.47. The van der Waals surface area contributed by atoms with Gasteiger partial charge in [0.05, 0.1) is 39.5 Å². The van der Waals surface area contributed by atoms with Gasteiger partial charge in [-0.2, -0.15) is 0 Å². The lowest BCUT2D eigenvalue weighted by atomic mass is 10.2. The van der Waals surface area contributed by atoms with Gasteiger partial charge in [-0.05, 0) is 35.9 Å². The number of carbonyl (C=O) groups excluding carboxylic acids is 1. The van der Waals surface area contributed by atoms with Gasteiger partial charge in [0, 0.05) is 13.7 Å². The maximum absolute atomic E-state index is 13.1. The van der Waals surface area contributed by atoms with Gasteiger partial charge in [0.2, 0.25) is 0 Å². The first-order valence-electron chi connectivity index (χ1n) is 10.5. The molecule has 2 N–H and O–H groups in total. The van der Waals surface area contributed by atoms with Crippen LogP contribution in [0.4, 0.5) is 5.69 Å². The summed E-state index contributed by atoms with van der Waals surface area (Å²) in [6.07, 6.45) is 0. The Hall–Kier alpha value is -3.47. The first-order valence-corrected chi connectivity index (χ1v) is 12.8. The van der Waals surface area contributed by atoms with E-state index in [2.05, 4.69) is 10.0 Å². The molecule has 0 atom stereocenters. The smallest absolute Gasteiger partial charge is 0.308 e. The minimum atomic E-state index is -4.01. The van der Waals surface area contributed by atoms with Crippen molar-refractivity contribution in [3.8, 4) is 0 Å². The second kappa shape index (κ2) is 10.2. The molecule has 4 rings (SSSR count).